The Morgan fingerprint density at radius 1 is 0.860 bits per heavy atom. The molecule has 0 aliphatic carbocycles. The van der Waals surface area contributed by atoms with E-state index in [1.807, 2.05) is 80.6 Å². The minimum absolute atomic E-state index is 0.176. The Morgan fingerprint density at radius 3 is 2.02 bits per heavy atom. The number of hydrogen-bond donors (Lipinski definition) is 2. The average molecular weight is 600 g/mol. The minimum Gasteiger partial charge on any atom is -0.308 e. The lowest BCUT2D eigenvalue weighted by Gasteiger charge is -2.31. The Bertz CT molecular complexity index is 1660. The second-order valence-electron chi connectivity index (χ2n) is 12.6. The number of piperidine rings is 1. The van der Waals surface area contributed by atoms with Crippen molar-refractivity contribution in [1.82, 2.24) is 14.1 Å². The highest BCUT2D eigenvalue weighted by Gasteiger charge is 2.29. The van der Waals surface area contributed by atoms with Crippen molar-refractivity contribution in [2.45, 2.75) is 64.2 Å². The largest absolute Gasteiger partial charge is 0.324 e. The predicted molar refractivity (Wildman–Crippen MR) is 172 cm³/mol. The van der Waals surface area contributed by atoms with Crippen LogP contribution in [0.1, 0.15) is 56.0 Å². The number of benzene rings is 3. The fourth-order valence-electron chi connectivity index (χ4n) is 5.27. The van der Waals surface area contributed by atoms with E-state index in [0.717, 1.165) is 47.3 Å². The molecule has 0 unspecified atom stereocenters. The molecule has 0 atom stereocenters. The molecule has 3 aromatic carbocycles. The molecule has 2 N–H and O–H groups in total. The zero-order chi connectivity index (χ0) is 30.8. The summed E-state index contributed by atoms with van der Waals surface area (Å²) in [7, 11) is -3.46. The molecule has 2 heterocycles. The molecule has 4 aromatic rings. The number of amides is 2. The van der Waals surface area contributed by atoms with E-state index in [4.69, 9.17) is 5.10 Å². The molecule has 1 aliphatic rings. The van der Waals surface area contributed by atoms with E-state index in [-0.39, 0.29) is 11.4 Å². The first-order valence-electron chi connectivity index (χ1n) is 14.8. The van der Waals surface area contributed by atoms with Crippen LogP contribution < -0.4 is 10.6 Å². The maximum absolute atomic E-state index is 13.0. The lowest BCUT2D eigenvalue weighted by atomic mass is 9.91. The molecule has 1 saturated heterocycles. The number of hydrogen-bond acceptors (Lipinski definition) is 4. The minimum atomic E-state index is -3.46. The van der Waals surface area contributed by atoms with Gasteiger partial charge >= 0.3 is 6.03 Å². The number of carbonyl (C=O) groups is 1. The zero-order valence-corrected chi connectivity index (χ0v) is 26.4. The van der Waals surface area contributed by atoms with Gasteiger partial charge in [-0.25, -0.2) is 17.9 Å². The van der Waals surface area contributed by atoms with Gasteiger partial charge in [0.25, 0.3) is 0 Å². The Labute approximate surface area is 255 Å². The van der Waals surface area contributed by atoms with Crippen LogP contribution in [0, 0.1) is 19.8 Å². The van der Waals surface area contributed by atoms with Crippen LogP contribution in [0.5, 0.6) is 0 Å². The first-order valence-corrected chi connectivity index (χ1v) is 16.2. The second kappa shape index (κ2) is 12.3. The van der Waals surface area contributed by atoms with Crippen LogP contribution in [0.2, 0.25) is 0 Å². The molecule has 9 heteroatoms. The van der Waals surface area contributed by atoms with E-state index in [2.05, 4.69) is 31.4 Å². The Balaban J connectivity index is 1.17. The fourth-order valence-corrected chi connectivity index (χ4v) is 6.74. The molecule has 0 saturated carbocycles. The summed E-state index contributed by atoms with van der Waals surface area (Å²) >= 11 is 0. The molecule has 8 nitrogen and oxygen atoms in total. The predicted octanol–water partition coefficient (Wildman–Crippen LogP) is 7.07. The van der Waals surface area contributed by atoms with Gasteiger partial charge in [0.1, 0.15) is 5.82 Å². The molecule has 43 heavy (non-hydrogen) atoms. The summed E-state index contributed by atoms with van der Waals surface area (Å²) in [6, 6.07) is 24.5. The third-order valence-corrected chi connectivity index (χ3v) is 9.88. The van der Waals surface area contributed by atoms with Crippen LogP contribution in [0.4, 0.5) is 16.3 Å². The van der Waals surface area contributed by atoms with Crippen molar-refractivity contribution in [3.8, 4) is 5.69 Å². The van der Waals surface area contributed by atoms with Gasteiger partial charge in [-0.2, -0.15) is 9.40 Å². The van der Waals surface area contributed by atoms with E-state index in [9.17, 15) is 13.2 Å². The lowest BCUT2D eigenvalue weighted by molar-refractivity contribution is 0.262. The third kappa shape index (κ3) is 7.35. The summed E-state index contributed by atoms with van der Waals surface area (Å²) in [6.45, 7) is 11.3. The molecule has 0 spiro atoms. The van der Waals surface area contributed by atoms with Gasteiger partial charge in [-0.05, 0) is 81.0 Å². The molecule has 1 aromatic heterocycles. The number of urea groups is 1. The van der Waals surface area contributed by atoms with Gasteiger partial charge < -0.3 is 5.32 Å². The van der Waals surface area contributed by atoms with Crippen molar-refractivity contribution >= 4 is 27.6 Å². The number of sulfonamides is 1. The van der Waals surface area contributed by atoms with Crippen molar-refractivity contribution in [3.05, 3.63) is 101 Å². The molecule has 0 radical (unpaired) electrons. The standard InChI is InChI=1S/C34H41N5O3S/c1-24-6-14-29(15-7-24)39-32(23-31(37-39)34(3,4)5)36-33(40)35-28-12-10-26(11-13-28)22-27-18-20-38(21-19-27)43(41,42)30-16-8-25(2)9-17-30/h6-17,23,27H,18-22H2,1-5H3,(H2,35,36,40). The fraction of sp³-hybridized carbons (Fsp3) is 0.353. The maximum Gasteiger partial charge on any atom is 0.324 e. The van der Waals surface area contributed by atoms with Gasteiger partial charge in [0.2, 0.25) is 10.0 Å². The SMILES string of the molecule is Cc1ccc(-n2nc(C(C)(C)C)cc2NC(=O)Nc2ccc(CC3CCN(S(=O)(=O)c4ccc(C)cc4)CC3)cc2)cc1. The molecule has 226 valence electrons. The van der Waals surface area contributed by atoms with E-state index in [1.54, 1.807) is 21.1 Å². The number of nitrogens with one attached hydrogen (secondary N) is 2. The topological polar surface area (TPSA) is 96.3 Å². The normalized spacial score (nSPS) is 14.9. The average Bonchev–Trinajstić information content (AvgIpc) is 3.39. The summed E-state index contributed by atoms with van der Waals surface area (Å²) in [4.78, 5) is 13.4. The van der Waals surface area contributed by atoms with Crippen molar-refractivity contribution in [1.29, 1.82) is 0 Å². The van der Waals surface area contributed by atoms with Crippen molar-refractivity contribution in [2.24, 2.45) is 5.92 Å². The highest BCUT2D eigenvalue weighted by atomic mass is 32.2. The summed E-state index contributed by atoms with van der Waals surface area (Å²) in [5.74, 6) is 1.00. The number of aryl methyl sites for hydroxylation is 2. The van der Waals surface area contributed by atoms with Crippen molar-refractivity contribution < 1.29 is 13.2 Å². The summed E-state index contributed by atoms with van der Waals surface area (Å²) in [6.07, 6.45) is 2.51. The highest BCUT2D eigenvalue weighted by molar-refractivity contribution is 7.89. The van der Waals surface area contributed by atoms with Crippen LogP contribution in [0.25, 0.3) is 5.69 Å². The monoisotopic (exact) mass is 599 g/mol. The summed E-state index contributed by atoms with van der Waals surface area (Å²) in [5, 5.41) is 10.7. The molecule has 2 amide bonds. The van der Waals surface area contributed by atoms with E-state index < -0.39 is 10.0 Å². The molecule has 0 bridgehead atoms. The van der Waals surface area contributed by atoms with Crippen LogP contribution in [-0.4, -0.2) is 41.6 Å². The number of anilines is 2. The van der Waals surface area contributed by atoms with Crippen molar-refractivity contribution in [3.63, 3.8) is 0 Å². The number of aromatic nitrogens is 2. The van der Waals surface area contributed by atoms with E-state index >= 15 is 0 Å². The number of carbonyl (C=O) groups excluding carboxylic acids is 1. The smallest absolute Gasteiger partial charge is 0.308 e. The van der Waals surface area contributed by atoms with E-state index in [0.29, 0.717) is 35.4 Å². The molecule has 1 aliphatic heterocycles. The Kier molecular flexibility index (Phi) is 8.76. The zero-order valence-electron chi connectivity index (χ0n) is 25.6. The Hall–Kier alpha value is -3.95. The first-order chi connectivity index (χ1) is 20.4. The van der Waals surface area contributed by atoms with Crippen molar-refractivity contribution in [2.75, 3.05) is 23.7 Å². The summed E-state index contributed by atoms with van der Waals surface area (Å²) < 4.78 is 29.4. The maximum atomic E-state index is 13.0. The third-order valence-electron chi connectivity index (χ3n) is 7.97. The van der Waals surface area contributed by atoms with Gasteiger partial charge in [0, 0.05) is 30.3 Å². The lowest BCUT2D eigenvalue weighted by Crippen LogP contribution is -2.38. The molecular formula is C34H41N5O3S. The van der Waals surface area contributed by atoms with Gasteiger partial charge in [-0.15, -0.1) is 0 Å². The quantitative estimate of drug-likeness (QED) is 0.237. The molecular weight excluding hydrogens is 558 g/mol. The van der Waals surface area contributed by atoms with Gasteiger partial charge in [-0.1, -0.05) is 68.3 Å². The number of rotatable bonds is 7. The summed E-state index contributed by atoms with van der Waals surface area (Å²) in [5.41, 5.74) is 5.63. The van der Waals surface area contributed by atoms with Crippen LogP contribution in [0.3, 0.4) is 0 Å². The molecule has 5 rings (SSSR count). The second-order valence-corrected chi connectivity index (χ2v) is 14.5. The van der Waals surface area contributed by atoms with Gasteiger partial charge in [0.05, 0.1) is 16.3 Å². The number of nitrogens with zero attached hydrogens (tertiary/aromatic N) is 3. The van der Waals surface area contributed by atoms with Gasteiger partial charge in [0.15, 0.2) is 0 Å². The molecule has 1 fully saturated rings. The van der Waals surface area contributed by atoms with Crippen LogP contribution in [0.15, 0.2) is 83.8 Å². The van der Waals surface area contributed by atoms with Crippen LogP contribution >= 0.6 is 0 Å². The van der Waals surface area contributed by atoms with Gasteiger partial charge in [-0.3, -0.25) is 5.32 Å². The van der Waals surface area contributed by atoms with E-state index in [1.165, 1.54) is 0 Å². The first kappa shape index (κ1) is 30.5. The van der Waals surface area contributed by atoms with Crippen LogP contribution in [-0.2, 0) is 21.9 Å². The Morgan fingerprint density at radius 2 is 1.44 bits per heavy atom. The highest BCUT2D eigenvalue weighted by Crippen LogP contribution is 2.28.